The van der Waals surface area contributed by atoms with Gasteiger partial charge in [-0.25, -0.2) is 0 Å². The molecule has 0 aromatic rings. The number of ether oxygens (including phenoxy) is 2. The topological polar surface area (TPSA) is 99.9 Å². The minimum Gasteiger partial charge on any atom is -0.465 e. The van der Waals surface area contributed by atoms with Crippen LogP contribution in [-0.2, 0) is 24.5 Å². The third kappa shape index (κ3) is 6.29. The van der Waals surface area contributed by atoms with Crippen molar-refractivity contribution in [1.29, 1.82) is 5.26 Å². The smallest absolute Gasteiger partial charge is 0.321 e. The first-order valence-corrected chi connectivity index (χ1v) is 7.52. The summed E-state index contributed by atoms with van der Waals surface area (Å²) in [7, 11) is -1.03. The average molecular weight is 307 g/mol. The molecule has 0 bridgehead atoms. The van der Waals surface area contributed by atoms with Gasteiger partial charge in [-0.15, -0.1) is 0 Å². The molecule has 0 amide bonds. The van der Waals surface area contributed by atoms with Crippen molar-refractivity contribution >= 4 is 16.2 Å². The Bertz CT molecular complexity index is 432. The lowest BCUT2D eigenvalue weighted by Gasteiger charge is -2.26. The van der Waals surface area contributed by atoms with Crippen LogP contribution in [0.3, 0.4) is 0 Å². The Morgan fingerprint density at radius 2 is 2.00 bits per heavy atom. The Balaban J connectivity index is 4.89. The molecule has 0 aliphatic carbocycles. The summed E-state index contributed by atoms with van der Waals surface area (Å²) in [4.78, 5) is 11.5. The minimum absolute atomic E-state index is 0.0363. The predicted molar refractivity (Wildman–Crippen MR) is 71.9 cm³/mol. The van der Waals surface area contributed by atoms with E-state index in [0.717, 1.165) is 8.61 Å². The van der Waals surface area contributed by atoms with Crippen LogP contribution < -0.4 is 0 Å². The molecular formula is C11H21N3O5S. The Morgan fingerprint density at radius 3 is 2.50 bits per heavy atom. The van der Waals surface area contributed by atoms with Gasteiger partial charge < -0.3 is 9.47 Å². The molecule has 20 heavy (non-hydrogen) atoms. The first-order valence-electron chi connectivity index (χ1n) is 6.13. The highest BCUT2D eigenvalue weighted by atomic mass is 32.2. The number of nitrogens with zero attached hydrogens (tertiary/aromatic N) is 3. The molecule has 0 N–H and O–H groups in total. The number of hydrogen-bond acceptors (Lipinski definition) is 6. The fourth-order valence-electron chi connectivity index (χ4n) is 1.34. The molecular weight excluding hydrogens is 286 g/mol. The SMILES string of the molecule is CCOC(=O)CN(CCOC)S(=O)(=O)N(C)CCC#N. The maximum Gasteiger partial charge on any atom is 0.321 e. The van der Waals surface area contributed by atoms with Crippen molar-refractivity contribution in [3.05, 3.63) is 0 Å². The largest absolute Gasteiger partial charge is 0.465 e. The molecule has 0 aliphatic heterocycles. The molecule has 9 heteroatoms. The summed E-state index contributed by atoms with van der Waals surface area (Å²) in [6, 6.07) is 1.87. The van der Waals surface area contributed by atoms with E-state index in [-0.39, 0.29) is 39.3 Å². The van der Waals surface area contributed by atoms with Crippen LogP contribution in [0.2, 0.25) is 0 Å². The predicted octanol–water partition coefficient (Wildman–Crippen LogP) is -0.412. The third-order valence-electron chi connectivity index (χ3n) is 2.41. The van der Waals surface area contributed by atoms with Crippen LogP contribution in [0.4, 0.5) is 0 Å². The second-order valence-electron chi connectivity index (χ2n) is 3.87. The van der Waals surface area contributed by atoms with Crippen LogP contribution in [0.1, 0.15) is 13.3 Å². The summed E-state index contributed by atoms with van der Waals surface area (Å²) < 4.78 is 36.1. The van der Waals surface area contributed by atoms with Gasteiger partial charge in [-0.3, -0.25) is 4.79 Å². The first-order chi connectivity index (χ1) is 9.39. The monoisotopic (exact) mass is 307 g/mol. The molecule has 0 radical (unpaired) electrons. The number of rotatable bonds is 10. The molecule has 0 saturated carbocycles. The minimum atomic E-state index is -3.82. The van der Waals surface area contributed by atoms with E-state index in [1.165, 1.54) is 14.2 Å². The number of hydrogen-bond donors (Lipinski definition) is 0. The van der Waals surface area contributed by atoms with Gasteiger partial charge in [-0.05, 0) is 6.92 Å². The summed E-state index contributed by atoms with van der Waals surface area (Å²) in [5.74, 6) is -0.624. The quantitative estimate of drug-likeness (QED) is 0.509. The van der Waals surface area contributed by atoms with Gasteiger partial charge in [0.05, 0.1) is 19.3 Å². The highest BCUT2D eigenvalue weighted by molar-refractivity contribution is 7.86. The van der Waals surface area contributed by atoms with Crippen molar-refractivity contribution in [3.8, 4) is 6.07 Å². The Hall–Kier alpha value is -1.21. The van der Waals surface area contributed by atoms with E-state index in [2.05, 4.69) is 0 Å². The second kappa shape index (κ2) is 9.66. The third-order valence-corrected chi connectivity index (χ3v) is 4.35. The van der Waals surface area contributed by atoms with Gasteiger partial charge in [0.2, 0.25) is 0 Å². The van der Waals surface area contributed by atoms with Crippen LogP contribution in [0.25, 0.3) is 0 Å². The van der Waals surface area contributed by atoms with E-state index in [1.54, 1.807) is 6.92 Å². The van der Waals surface area contributed by atoms with Gasteiger partial charge in [0.1, 0.15) is 6.54 Å². The zero-order valence-electron chi connectivity index (χ0n) is 12.0. The van der Waals surface area contributed by atoms with Gasteiger partial charge in [0.15, 0.2) is 0 Å². The standard InChI is InChI=1S/C11H21N3O5S/c1-4-19-11(15)10-14(8-9-18-3)20(16,17)13(2)7-5-6-12/h4-5,7-10H2,1-3H3. The highest BCUT2D eigenvalue weighted by Gasteiger charge is 2.28. The number of carbonyl (C=O) groups excluding carboxylic acids is 1. The lowest BCUT2D eigenvalue weighted by atomic mass is 10.5. The van der Waals surface area contributed by atoms with Crippen molar-refractivity contribution in [2.45, 2.75) is 13.3 Å². The second-order valence-corrected chi connectivity index (χ2v) is 5.90. The van der Waals surface area contributed by atoms with Gasteiger partial charge in [-0.1, -0.05) is 0 Å². The molecule has 0 aliphatic rings. The van der Waals surface area contributed by atoms with Crippen LogP contribution in [0.15, 0.2) is 0 Å². The first kappa shape index (κ1) is 18.8. The molecule has 0 aromatic heterocycles. The van der Waals surface area contributed by atoms with Crippen molar-refractivity contribution in [3.63, 3.8) is 0 Å². The lowest BCUT2D eigenvalue weighted by molar-refractivity contribution is -0.143. The van der Waals surface area contributed by atoms with E-state index in [1.807, 2.05) is 6.07 Å². The summed E-state index contributed by atoms with van der Waals surface area (Å²) in [6.07, 6.45) is 0.0766. The fraction of sp³-hybridized carbons (Fsp3) is 0.818. The van der Waals surface area contributed by atoms with Crippen LogP contribution in [0, 0.1) is 11.3 Å². The zero-order chi connectivity index (χ0) is 15.6. The molecule has 0 aromatic carbocycles. The van der Waals surface area contributed by atoms with Crippen LogP contribution >= 0.6 is 0 Å². The molecule has 0 fully saturated rings. The molecule has 0 rings (SSSR count). The molecule has 0 atom stereocenters. The summed E-state index contributed by atoms with van der Waals surface area (Å²) in [5, 5.41) is 8.50. The lowest BCUT2D eigenvalue weighted by Crippen LogP contribution is -2.46. The van der Waals surface area contributed by atoms with Crippen LogP contribution in [-0.4, -0.2) is 70.0 Å². The summed E-state index contributed by atoms with van der Waals surface area (Å²) in [6.45, 7) is 1.70. The van der Waals surface area contributed by atoms with Crippen molar-refractivity contribution < 1.29 is 22.7 Å². The number of nitriles is 1. The van der Waals surface area contributed by atoms with Gasteiger partial charge in [-0.2, -0.15) is 22.3 Å². The van der Waals surface area contributed by atoms with E-state index in [4.69, 9.17) is 14.7 Å². The average Bonchev–Trinajstić information content (AvgIpc) is 2.40. The Morgan fingerprint density at radius 1 is 1.35 bits per heavy atom. The number of methoxy groups -OCH3 is 1. The van der Waals surface area contributed by atoms with E-state index >= 15 is 0 Å². The maximum atomic E-state index is 12.3. The number of carbonyl (C=O) groups is 1. The van der Waals surface area contributed by atoms with Crippen molar-refractivity contribution in [1.82, 2.24) is 8.61 Å². The number of esters is 1. The summed E-state index contributed by atoms with van der Waals surface area (Å²) >= 11 is 0. The van der Waals surface area contributed by atoms with Gasteiger partial charge >= 0.3 is 5.97 Å². The van der Waals surface area contributed by atoms with Gasteiger partial charge in [0.25, 0.3) is 10.2 Å². The molecule has 0 spiro atoms. The van der Waals surface area contributed by atoms with Crippen molar-refractivity contribution in [2.24, 2.45) is 0 Å². The molecule has 0 heterocycles. The Labute approximate surface area is 120 Å². The fourth-order valence-corrected chi connectivity index (χ4v) is 2.63. The molecule has 0 saturated heterocycles. The molecule has 116 valence electrons. The van der Waals surface area contributed by atoms with Crippen LogP contribution in [0.5, 0.6) is 0 Å². The van der Waals surface area contributed by atoms with E-state index < -0.39 is 16.2 Å². The van der Waals surface area contributed by atoms with Crippen molar-refractivity contribution in [2.75, 3.05) is 47.0 Å². The normalized spacial score (nSPS) is 11.6. The summed E-state index contributed by atoms with van der Waals surface area (Å²) in [5.41, 5.74) is 0. The highest BCUT2D eigenvalue weighted by Crippen LogP contribution is 2.07. The zero-order valence-corrected chi connectivity index (χ0v) is 12.9. The Kier molecular flexibility index (Phi) is 9.07. The maximum absolute atomic E-state index is 12.3. The van der Waals surface area contributed by atoms with E-state index in [9.17, 15) is 13.2 Å². The van der Waals surface area contributed by atoms with E-state index in [0.29, 0.717) is 0 Å². The molecule has 0 unspecified atom stereocenters. The van der Waals surface area contributed by atoms with Gasteiger partial charge in [0, 0.05) is 33.7 Å². The molecule has 8 nitrogen and oxygen atoms in total.